The molecule has 1 heterocycles. The standard InChI is InChI=1S/C23H22N2O2/c24-13-21-19-9-11-25(12-10-20(19)21)23(26)27-14-22-17-7-3-1-5-15(17)16-6-2-4-8-18(16)22/h1-8,19-22H,9-12,14H2. The van der Waals surface area contributed by atoms with Crippen LogP contribution >= 0.6 is 0 Å². The average Bonchev–Trinajstić information content (AvgIpc) is 3.35. The van der Waals surface area contributed by atoms with E-state index in [-0.39, 0.29) is 17.9 Å². The molecule has 1 saturated heterocycles. The van der Waals surface area contributed by atoms with E-state index < -0.39 is 0 Å². The van der Waals surface area contributed by atoms with Gasteiger partial charge in [0.25, 0.3) is 0 Å². The molecule has 3 aliphatic rings. The smallest absolute Gasteiger partial charge is 0.409 e. The van der Waals surface area contributed by atoms with Crippen LogP contribution in [0.5, 0.6) is 0 Å². The Morgan fingerprint density at radius 2 is 1.56 bits per heavy atom. The fourth-order valence-corrected chi connectivity index (χ4v) is 5.01. The van der Waals surface area contributed by atoms with E-state index in [0.717, 1.165) is 12.8 Å². The number of benzene rings is 2. The molecule has 2 unspecified atom stereocenters. The summed E-state index contributed by atoms with van der Waals surface area (Å²) in [5, 5.41) is 9.11. The lowest BCUT2D eigenvalue weighted by Crippen LogP contribution is -2.34. The van der Waals surface area contributed by atoms with Gasteiger partial charge in [-0.3, -0.25) is 0 Å². The lowest BCUT2D eigenvalue weighted by atomic mass is 9.98. The van der Waals surface area contributed by atoms with E-state index in [4.69, 9.17) is 10.00 Å². The molecule has 4 nitrogen and oxygen atoms in total. The molecule has 2 atom stereocenters. The largest absolute Gasteiger partial charge is 0.448 e. The second-order valence-electron chi connectivity index (χ2n) is 7.85. The van der Waals surface area contributed by atoms with Crippen molar-refractivity contribution >= 4 is 6.09 Å². The molecule has 0 aromatic heterocycles. The van der Waals surface area contributed by atoms with Gasteiger partial charge in [0.15, 0.2) is 0 Å². The SMILES string of the molecule is N#CC1C2CCN(C(=O)OCC3c4ccccc4-c4ccccc43)CCC12. The molecular formula is C23H22N2O2. The van der Waals surface area contributed by atoms with E-state index in [1.54, 1.807) is 0 Å². The number of hydrogen-bond donors (Lipinski definition) is 0. The van der Waals surface area contributed by atoms with Crippen LogP contribution in [0.4, 0.5) is 4.79 Å². The molecule has 136 valence electrons. The molecule has 0 bridgehead atoms. The maximum absolute atomic E-state index is 12.6. The molecular weight excluding hydrogens is 336 g/mol. The van der Waals surface area contributed by atoms with Crippen molar-refractivity contribution in [2.45, 2.75) is 18.8 Å². The lowest BCUT2D eigenvalue weighted by Gasteiger charge is -2.22. The first-order chi connectivity index (χ1) is 13.3. The Morgan fingerprint density at radius 3 is 2.11 bits per heavy atom. The van der Waals surface area contributed by atoms with Gasteiger partial charge >= 0.3 is 6.09 Å². The fourth-order valence-electron chi connectivity index (χ4n) is 5.01. The highest BCUT2D eigenvalue weighted by Crippen LogP contribution is 2.51. The minimum atomic E-state index is -0.216. The normalized spacial score (nSPS) is 25.6. The number of fused-ring (bicyclic) bond motifs is 4. The first-order valence-electron chi connectivity index (χ1n) is 9.77. The summed E-state index contributed by atoms with van der Waals surface area (Å²) >= 11 is 0. The predicted octanol–water partition coefficient (Wildman–Crippen LogP) is 4.42. The number of carbonyl (C=O) groups excluding carboxylic acids is 1. The highest BCUT2D eigenvalue weighted by molar-refractivity contribution is 5.79. The van der Waals surface area contributed by atoms with Crippen molar-refractivity contribution in [2.24, 2.45) is 17.8 Å². The van der Waals surface area contributed by atoms with Crippen molar-refractivity contribution in [1.82, 2.24) is 4.90 Å². The molecule has 0 spiro atoms. The highest BCUT2D eigenvalue weighted by atomic mass is 16.6. The summed E-state index contributed by atoms with van der Waals surface area (Å²) in [6, 6.07) is 19.2. The first-order valence-corrected chi connectivity index (χ1v) is 9.77. The predicted molar refractivity (Wildman–Crippen MR) is 102 cm³/mol. The summed E-state index contributed by atoms with van der Waals surface area (Å²) < 4.78 is 5.76. The minimum absolute atomic E-state index is 0.102. The van der Waals surface area contributed by atoms with E-state index in [9.17, 15) is 4.79 Å². The minimum Gasteiger partial charge on any atom is -0.448 e. The van der Waals surface area contributed by atoms with E-state index in [2.05, 4.69) is 42.5 Å². The molecule has 0 N–H and O–H groups in total. The van der Waals surface area contributed by atoms with E-state index in [1.165, 1.54) is 22.3 Å². The van der Waals surface area contributed by atoms with Gasteiger partial charge in [-0.2, -0.15) is 5.26 Å². The molecule has 5 rings (SSSR count). The molecule has 2 fully saturated rings. The summed E-state index contributed by atoms with van der Waals surface area (Å²) in [5.74, 6) is 1.29. The van der Waals surface area contributed by atoms with Gasteiger partial charge in [0.1, 0.15) is 6.61 Å². The number of carbonyl (C=O) groups is 1. The third-order valence-corrected chi connectivity index (χ3v) is 6.54. The Hall–Kier alpha value is -2.80. The van der Waals surface area contributed by atoms with Crippen LogP contribution in [-0.2, 0) is 4.74 Å². The summed E-state index contributed by atoms with van der Waals surface area (Å²) in [5.41, 5.74) is 4.96. The van der Waals surface area contributed by atoms with Gasteiger partial charge < -0.3 is 9.64 Å². The van der Waals surface area contributed by atoms with Crippen LogP contribution in [0.15, 0.2) is 48.5 Å². The number of amides is 1. The summed E-state index contributed by atoms with van der Waals surface area (Å²) in [4.78, 5) is 14.5. The zero-order chi connectivity index (χ0) is 18.4. The van der Waals surface area contributed by atoms with Crippen LogP contribution in [0, 0.1) is 29.1 Å². The Balaban J connectivity index is 1.27. The topological polar surface area (TPSA) is 53.3 Å². The number of hydrogen-bond acceptors (Lipinski definition) is 3. The van der Waals surface area contributed by atoms with Gasteiger partial charge in [-0.05, 0) is 46.9 Å². The van der Waals surface area contributed by atoms with E-state index >= 15 is 0 Å². The van der Waals surface area contributed by atoms with Gasteiger partial charge in [0, 0.05) is 19.0 Å². The monoisotopic (exact) mass is 358 g/mol. The Kier molecular flexibility index (Phi) is 3.89. The molecule has 4 heteroatoms. The summed E-state index contributed by atoms with van der Waals surface area (Å²) in [6.07, 6.45) is 1.63. The van der Waals surface area contributed by atoms with Crippen LogP contribution in [0.25, 0.3) is 11.1 Å². The van der Waals surface area contributed by atoms with Crippen molar-refractivity contribution in [3.05, 3.63) is 59.7 Å². The van der Waals surface area contributed by atoms with Crippen LogP contribution in [0.2, 0.25) is 0 Å². The highest BCUT2D eigenvalue weighted by Gasteiger charge is 2.51. The lowest BCUT2D eigenvalue weighted by molar-refractivity contribution is 0.0996. The molecule has 27 heavy (non-hydrogen) atoms. The van der Waals surface area contributed by atoms with Crippen LogP contribution < -0.4 is 0 Å². The quantitative estimate of drug-likeness (QED) is 0.799. The van der Waals surface area contributed by atoms with Crippen molar-refractivity contribution < 1.29 is 9.53 Å². The Morgan fingerprint density at radius 1 is 1.00 bits per heavy atom. The van der Waals surface area contributed by atoms with Gasteiger partial charge in [0.2, 0.25) is 0 Å². The number of nitriles is 1. The molecule has 2 aromatic carbocycles. The average molecular weight is 358 g/mol. The zero-order valence-electron chi connectivity index (χ0n) is 15.2. The number of nitrogens with zero attached hydrogens (tertiary/aromatic N) is 2. The molecule has 1 saturated carbocycles. The van der Waals surface area contributed by atoms with Gasteiger partial charge in [-0.15, -0.1) is 0 Å². The second-order valence-corrected chi connectivity index (χ2v) is 7.85. The second kappa shape index (κ2) is 6.42. The van der Waals surface area contributed by atoms with Gasteiger partial charge in [-0.1, -0.05) is 48.5 Å². The number of ether oxygens (including phenoxy) is 1. The molecule has 0 radical (unpaired) electrons. The van der Waals surface area contributed by atoms with Crippen molar-refractivity contribution in [1.29, 1.82) is 5.26 Å². The molecule has 1 amide bonds. The van der Waals surface area contributed by atoms with Gasteiger partial charge in [-0.25, -0.2) is 4.79 Å². The first kappa shape index (κ1) is 16.4. The van der Waals surface area contributed by atoms with Crippen molar-refractivity contribution in [3.8, 4) is 17.2 Å². The van der Waals surface area contributed by atoms with E-state index in [1.807, 2.05) is 17.0 Å². The fraction of sp³-hybridized carbons (Fsp3) is 0.391. The summed E-state index contributed by atoms with van der Waals surface area (Å²) in [7, 11) is 0. The molecule has 2 aromatic rings. The zero-order valence-corrected chi connectivity index (χ0v) is 15.2. The van der Waals surface area contributed by atoms with Crippen molar-refractivity contribution in [2.75, 3.05) is 19.7 Å². The molecule has 1 aliphatic heterocycles. The third-order valence-electron chi connectivity index (χ3n) is 6.54. The Labute approximate surface area is 159 Å². The van der Waals surface area contributed by atoms with Gasteiger partial charge in [0.05, 0.1) is 12.0 Å². The Bertz CT molecular complexity index is 872. The van der Waals surface area contributed by atoms with Crippen molar-refractivity contribution in [3.63, 3.8) is 0 Å². The van der Waals surface area contributed by atoms with Crippen LogP contribution in [0.3, 0.4) is 0 Å². The van der Waals surface area contributed by atoms with Crippen LogP contribution in [-0.4, -0.2) is 30.7 Å². The van der Waals surface area contributed by atoms with E-state index in [0.29, 0.717) is 31.5 Å². The number of rotatable bonds is 2. The maximum Gasteiger partial charge on any atom is 0.409 e. The number of likely N-dealkylation sites (tertiary alicyclic amines) is 1. The maximum atomic E-state index is 12.6. The third kappa shape index (κ3) is 2.70. The van der Waals surface area contributed by atoms with Crippen LogP contribution in [0.1, 0.15) is 29.9 Å². The summed E-state index contributed by atoms with van der Waals surface area (Å²) in [6.45, 7) is 1.78. The molecule has 2 aliphatic carbocycles.